The molecule has 2 aromatic rings. The van der Waals surface area contributed by atoms with Gasteiger partial charge >= 0.3 is 0 Å². The van der Waals surface area contributed by atoms with Crippen molar-refractivity contribution in [2.45, 2.75) is 39.7 Å². The number of rotatable bonds is 6. The second kappa shape index (κ2) is 6.82. The van der Waals surface area contributed by atoms with Crippen LogP contribution in [0.3, 0.4) is 0 Å². The number of nitrogens with one attached hydrogen (secondary N) is 1. The average Bonchev–Trinajstić information content (AvgIpc) is 2.43. The molecule has 0 spiro atoms. The molecule has 0 radical (unpaired) electrons. The van der Waals surface area contributed by atoms with Gasteiger partial charge in [0.2, 0.25) is 0 Å². The summed E-state index contributed by atoms with van der Waals surface area (Å²) in [6.07, 6.45) is 1.82. The van der Waals surface area contributed by atoms with Gasteiger partial charge in [0.05, 0.1) is 11.6 Å². The monoisotopic (exact) mass is 272 g/mol. The molecule has 0 aliphatic rings. The van der Waals surface area contributed by atoms with Crippen molar-refractivity contribution < 1.29 is 5.11 Å². The second-order valence-corrected chi connectivity index (χ2v) is 5.40. The summed E-state index contributed by atoms with van der Waals surface area (Å²) < 4.78 is 0. The number of aliphatic hydroxyl groups is 1. The Hall–Kier alpha value is -1.45. The summed E-state index contributed by atoms with van der Waals surface area (Å²) in [6, 6.07) is 8.12. The van der Waals surface area contributed by atoms with Crippen LogP contribution in [0.1, 0.15) is 42.7 Å². The Balaban J connectivity index is 2.26. The third kappa shape index (κ3) is 3.35. The first-order chi connectivity index (χ1) is 9.63. The van der Waals surface area contributed by atoms with Crippen LogP contribution >= 0.6 is 0 Å². The summed E-state index contributed by atoms with van der Waals surface area (Å²) in [5, 5.41) is 14.8. The molecule has 2 N–H and O–H groups in total. The standard InChI is InChI=1S/C17H24N2O/c1-4-5-9-18-11-16(20)15-10-13(3)19-17-12(2)7-6-8-14(15)17/h6-8,10,16,18,20H,4-5,9,11H2,1-3H3. The molecular weight excluding hydrogens is 248 g/mol. The molecule has 0 fully saturated rings. The minimum atomic E-state index is -0.488. The number of nitrogens with zero attached hydrogens (tertiary/aromatic N) is 1. The molecule has 0 saturated heterocycles. The number of pyridine rings is 1. The number of benzene rings is 1. The summed E-state index contributed by atoms with van der Waals surface area (Å²) in [4.78, 5) is 4.60. The van der Waals surface area contributed by atoms with Crippen LogP contribution in [0.4, 0.5) is 0 Å². The smallest absolute Gasteiger partial charge is 0.0921 e. The van der Waals surface area contributed by atoms with Crippen molar-refractivity contribution in [3.8, 4) is 0 Å². The van der Waals surface area contributed by atoms with E-state index in [1.54, 1.807) is 0 Å². The molecule has 0 saturated carbocycles. The van der Waals surface area contributed by atoms with Gasteiger partial charge < -0.3 is 10.4 Å². The maximum absolute atomic E-state index is 10.4. The van der Waals surface area contributed by atoms with E-state index in [1.807, 2.05) is 25.1 Å². The molecule has 2 rings (SSSR count). The highest BCUT2D eigenvalue weighted by molar-refractivity contribution is 5.85. The largest absolute Gasteiger partial charge is 0.387 e. The van der Waals surface area contributed by atoms with Crippen LogP contribution in [0.5, 0.6) is 0 Å². The molecule has 1 aromatic heterocycles. The zero-order chi connectivity index (χ0) is 14.5. The zero-order valence-electron chi connectivity index (χ0n) is 12.6. The molecule has 0 aliphatic heterocycles. The Kier molecular flexibility index (Phi) is 5.10. The summed E-state index contributed by atoms with van der Waals surface area (Å²) >= 11 is 0. The summed E-state index contributed by atoms with van der Waals surface area (Å²) in [5.74, 6) is 0. The fourth-order valence-electron chi connectivity index (χ4n) is 2.48. The van der Waals surface area contributed by atoms with E-state index in [0.29, 0.717) is 6.54 Å². The van der Waals surface area contributed by atoms with E-state index in [-0.39, 0.29) is 0 Å². The van der Waals surface area contributed by atoms with Gasteiger partial charge in [-0.05, 0) is 44.0 Å². The first-order valence-electron chi connectivity index (χ1n) is 7.39. The van der Waals surface area contributed by atoms with Crippen LogP contribution in [0.2, 0.25) is 0 Å². The molecule has 20 heavy (non-hydrogen) atoms. The van der Waals surface area contributed by atoms with Crippen molar-refractivity contribution in [2.24, 2.45) is 0 Å². The number of hydrogen-bond donors (Lipinski definition) is 2. The number of aromatic nitrogens is 1. The second-order valence-electron chi connectivity index (χ2n) is 5.40. The van der Waals surface area contributed by atoms with Gasteiger partial charge in [-0.3, -0.25) is 4.98 Å². The Morgan fingerprint density at radius 3 is 2.85 bits per heavy atom. The van der Waals surface area contributed by atoms with E-state index in [0.717, 1.165) is 40.7 Å². The van der Waals surface area contributed by atoms with Gasteiger partial charge in [0.25, 0.3) is 0 Å². The maximum atomic E-state index is 10.4. The molecule has 108 valence electrons. The number of aliphatic hydroxyl groups excluding tert-OH is 1. The molecule has 0 bridgehead atoms. The lowest BCUT2D eigenvalue weighted by Gasteiger charge is -2.16. The van der Waals surface area contributed by atoms with Crippen molar-refractivity contribution in [2.75, 3.05) is 13.1 Å². The minimum Gasteiger partial charge on any atom is -0.387 e. The van der Waals surface area contributed by atoms with Gasteiger partial charge in [0, 0.05) is 17.6 Å². The van der Waals surface area contributed by atoms with E-state index >= 15 is 0 Å². The topological polar surface area (TPSA) is 45.1 Å². The van der Waals surface area contributed by atoms with Crippen molar-refractivity contribution in [1.82, 2.24) is 10.3 Å². The predicted octanol–water partition coefficient (Wildman–Crippen LogP) is 3.27. The third-order valence-electron chi connectivity index (χ3n) is 3.61. The van der Waals surface area contributed by atoms with Crippen molar-refractivity contribution in [1.29, 1.82) is 0 Å². The molecule has 1 atom stereocenters. The first kappa shape index (κ1) is 14.9. The SMILES string of the molecule is CCCCNCC(O)c1cc(C)nc2c(C)cccc12. The van der Waals surface area contributed by atoms with Crippen LogP contribution in [0, 0.1) is 13.8 Å². The number of para-hydroxylation sites is 1. The molecular formula is C17H24N2O. The molecule has 1 aromatic carbocycles. The fraction of sp³-hybridized carbons (Fsp3) is 0.471. The quantitative estimate of drug-likeness (QED) is 0.793. The highest BCUT2D eigenvalue weighted by Crippen LogP contribution is 2.25. The van der Waals surface area contributed by atoms with Crippen molar-refractivity contribution >= 4 is 10.9 Å². The Morgan fingerprint density at radius 2 is 2.10 bits per heavy atom. The minimum absolute atomic E-state index is 0.488. The van der Waals surface area contributed by atoms with Crippen LogP contribution < -0.4 is 5.32 Å². The van der Waals surface area contributed by atoms with E-state index in [2.05, 4.69) is 30.2 Å². The van der Waals surface area contributed by atoms with Crippen LogP contribution in [-0.4, -0.2) is 23.2 Å². The summed E-state index contributed by atoms with van der Waals surface area (Å²) in [5.41, 5.74) is 4.07. The van der Waals surface area contributed by atoms with Crippen LogP contribution in [0.25, 0.3) is 10.9 Å². The third-order valence-corrected chi connectivity index (χ3v) is 3.61. The van der Waals surface area contributed by atoms with E-state index < -0.39 is 6.10 Å². The molecule has 3 nitrogen and oxygen atoms in total. The summed E-state index contributed by atoms with van der Waals surface area (Å²) in [7, 11) is 0. The fourth-order valence-corrected chi connectivity index (χ4v) is 2.48. The maximum Gasteiger partial charge on any atom is 0.0921 e. The Bertz CT molecular complexity index is 580. The van der Waals surface area contributed by atoms with Gasteiger partial charge in [-0.25, -0.2) is 0 Å². The Labute approximate surface area is 121 Å². The van der Waals surface area contributed by atoms with Crippen molar-refractivity contribution in [3.05, 3.63) is 41.1 Å². The predicted molar refractivity (Wildman–Crippen MR) is 84.0 cm³/mol. The zero-order valence-corrected chi connectivity index (χ0v) is 12.6. The molecule has 1 unspecified atom stereocenters. The summed E-state index contributed by atoms with van der Waals surface area (Å²) in [6.45, 7) is 7.75. The highest BCUT2D eigenvalue weighted by Gasteiger charge is 2.13. The van der Waals surface area contributed by atoms with Crippen LogP contribution in [-0.2, 0) is 0 Å². The average molecular weight is 272 g/mol. The van der Waals surface area contributed by atoms with E-state index in [1.165, 1.54) is 6.42 Å². The van der Waals surface area contributed by atoms with E-state index in [9.17, 15) is 5.11 Å². The lowest BCUT2D eigenvalue weighted by Crippen LogP contribution is -2.22. The van der Waals surface area contributed by atoms with Gasteiger partial charge in [0.1, 0.15) is 0 Å². The normalized spacial score (nSPS) is 12.8. The number of unbranched alkanes of at least 4 members (excludes halogenated alkanes) is 1. The molecule has 1 heterocycles. The van der Waals surface area contributed by atoms with Gasteiger partial charge in [-0.1, -0.05) is 31.5 Å². The van der Waals surface area contributed by atoms with Crippen molar-refractivity contribution in [3.63, 3.8) is 0 Å². The lowest BCUT2D eigenvalue weighted by atomic mass is 10.0. The number of hydrogen-bond acceptors (Lipinski definition) is 3. The number of aryl methyl sites for hydroxylation is 2. The highest BCUT2D eigenvalue weighted by atomic mass is 16.3. The van der Waals surface area contributed by atoms with Gasteiger partial charge in [0.15, 0.2) is 0 Å². The molecule has 3 heteroatoms. The molecule has 0 aliphatic carbocycles. The van der Waals surface area contributed by atoms with Crippen LogP contribution in [0.15, 0.2) is 24.3 Å². The van der Waals surface area contributed by atoms with Gasteiger partial charge in [-0.2, -0.15) is 0 Å². The number of fused-ring (bicyclic) bond motifs is 1. The first-order valence-corrected chi connectivity index (χ1v) is 7.39. The molecule has 0 amide bonds. The van der Waals surface area contributed by atoms with E-state index in [4.69, 9.17) is 0 Å². The Morgan fingerprint density at radius 1 is 1.30 bits per heavy atom. The van der Waals surface area contributed by atoms with Gasteiger partial charge in [-0.15, -0.1) is 0 Å². The lowest BCUT2D eigenvalue weighted by molar-refractivity contribution is 0.176.